The van der Waals surface area contributed by atoms with Gasteiger partial charge in [0.15, 0.2) is 40.3 Å². The summed E-state index contributed by atoms with van der Waals surface area (Å²) in [6.07, 6.45) is -15.4. The van der Waals surface area contributed by atoms with Crippen LogP contribution in [0.1, 0.15) is 11.1 Å². The molecule has 0 spiro atoms. The molecule has 0 amide bonds. The third-order valence-electron chi connectivity index (χ3n) is 5.39. The first-order valence-electron chi connectivity index (χ1n) is 8.61. The van der Waals surface area contributed by atoms with Crippen LogP contribution in [-0.4, -0.2) is 30.0 Å². The van der Waals surface area contributed by atoms with E-state index in [9.17, 15) is 83.8 Å². The third kappa shape index (κ3) is 3.07. The number of alkyl halides is 10. The second kappa shape index (κ2) is 7.68. The van der Waals surface area contributed by atoms with Crippen LogP contribution in [0.2, 0.25) is 0 Å². The molecule has 0 aliphatic heterocycles. The van der Waals surface area contributed by atoms with Gasteiger partial charge < -0.3 is 0 Å². The molecule has 2 aliphatic rings. The maximum absolute atomic E-state index is 14.6. The third-order valence-corrected chi connectivity index (χ3v) is 5.39. The lowest BCUT2D eigenvalue weighted by molar-refractivity contribution is -0.374. The Bertz CT molecular complexity index is 1280. The van der Waals surface area contributed by atoms with Crippen molar-refractivity contribution in [3.8, 4) is 0 Å². The molecule has 19 heteroatoms. The van der Waals surface area contributed by atoms with Gasteiger partial charge in [0.05, 0.1) is 5.57 Å². The van der Waals surface area contributed by atoms with Crippen LogP contribution < -0.4 is 0 Å². The first-order chi connectivity index (χ1) is 16.4. The van der Waals surface area contributed by atoms with Gasteiger partial charge in [-0.15, -0.1) is 0 Å². The highest BCUT2D eigenvalue weighted by atomic mass is 19.4. The normalized spacial score (nSPS) is 19.0. The number of benzene rings is 1. The summed E-state index contributed by atoms with van der Waals surface area (Å²) in [5.74, 6) is -46.3. The van der Waals surface area contributed by atoms with Crippen molar-refractivity contribution in [1.29, 1.82) is 0 Å². The van der Waals surface area contributed by atoms with E-state index in [0.29, 0.717) is 0 Å². The fourth-order valence-corrected chi connectivity index (χ4v) is 3.86. The molecule has 0 fully saturated rings. The van der Waals surface area contributed by atoms with Crippen molar-refractivity contribution in [2.75, 3.05) is 0 Å². The number of ketones is 1. The van der Waals surface area contributed by atoms with Gasteiger partial charge in [0.25, 0.3) is 5.78 Å². The highest BCUT2D eigenvalue weighted by Crippen LogP contribution is 2.74. The molecular formula is C18F18O. The maximum atomic E-state index is 14.6. The lowest BCUT2D eigenvalue weighted by Crippen LogP contribution is -2.72. The number of carbonyl (C=O) groups excluding carboxylic acids is 1. The predicted molar refractivity (Wildman–Crippen MR) is 80.4 cm³/mol. The van der Waals surface area contributed by atoms with Crippen LogP contribution in [-0.2, 0) is 10.2 Å². The summed E-state index contributed by atoms with van der Waals surface area (Å²) < 4.78 is 250. The maximum Gasteiger partial charge on any atom is 0.454 e. The minimum Gasteiger partial charge on any atom is -0.283 e. The average Bonchev–Trinajstić information content (AvgIpc) is 2.74. The van der Waals surface area contributed by atoms with Crippen molar-refractivity contribution in [2.45, 2.75) is 29.6 Å². The molecule has 0 unspecified atom stereocenters. The van der Waals surface area contributed by atoms with Gasteiger partial charge in [-0.2, -0.15) is 52.7 Å². The number of fused-ring (bicyclic) bond motifs is 1. The van der Waals surface area contributed by atoms with Crippen molar-refractivity contribution >= 4 is 11.4 Å². The molecule has 3 rings (SSSR count). The highest BCUT2D eigenvalue weighted by Gasteiger charge is 2.90. The van der Waals surface area contributed by atoms with E-state index >= 15 is 0 Å². The smallest absolute Gasteiger partial charge is 0.283 e. The Morgan fingerprint density at radius 2 is 0.838 bits per heavy atom. The highest BCUT2D eigenvalue weighted by molar-refractivity contribution is 6.10. The predicted octanol–water partition coefficient (Wildman–Crippen LogP) is 7.53. The van der Waals surface area contributed by atoms with E-state index in [2.05, 4.69) is 0 Å². The molecule has 1 aromatic rings. The van der Waals surface area contributed by atoms with Crippen LogP contribution in [0.15, 0.2) is 28.9 Å². The van der Waals surface area contributed by atoms with Crippen molar-refractivity contribution in [3.05, 3.63) is 63.3 Å². The van der Waals surface area contributed by atoms with Gasteiger partial charge in [-0.25, -0.2) is 26.3 Å². The molecule has 1 nitrogen and oxygen atoms in total. The summed E-state index contributed by atoms with van der Waals surface area (Å²) in [6, 6.07) is 0. The molecule has 1 aromatic carbocycles. The quantitative estimate of drug-likeness (QED) is 0.203. The van der Waals surface area contributed by atoms with E-state index in [0.717, 1.165) is 0 Å². The second-order valence-electron chi connectivity index (χ2n) is 7.24. The van der Waals surface area contributed by atoms with Crippen molar-refractivity contribution in [3.63, 3.8) is 0 Å². The first-order valence-corrected chi connectivity index (χ1v) is 8.61. The van der Waals surface area contributed by atoms with Gasteiger partial charge in [-0.3, -0.25) is 4.79 Å². The fraction of sp³-hybridized carbons (Fsp3) is 0.278. The van der Waals surface area contributed by atoms with E-state index in [1.54, 1.807) is 0 Å². The number of halogens is 18. The van der Waals surface area contributed by atoms with Gasteiger partial charge >= 0.3 is 24.2 Å². The number of hydrogen-bond acceptors (Lipinski definition) is 1. The van der Waals surface area contributed by atoms with Crippen LogP contribution in [0.25, 0.3) is 5.57 Å². The summed E-state index contributed by atoms with van der Waals surface area (Å²) in [6.45, 7) is 0. The van der Waals surface area contributed by atoms with Crippen molar-refractivity contribution in [1.82, 2.24) is 0 Å². The molecule has 0 radical (unpaired) electrons. The largest absolute Gasteiger partial charge is 0.454 e. The zero-order chi connectivity index (χ0) is 29.0. The van der Waals surface area contributed by atoms with Gasteiger partial charge in [0, 0.05) is 11.1 Å². The van der Waals surface area contributed by atoms with Crippen LogP contribution in [0.3, 0.4) is 0 Å². The summed E-state index contributed by atoms with van der Waals surface area (Å²) in [4.78, 5) is 11.1. The van der Waals surface area contributed by atoms with E-state index < -0.39 is 104 Å². The average molecular weight is 574 g/mol. The standard InChI is InChI=1S/C18F18O/c19-5-1-3(2-6(20)11(25)13(37)12(26)7(2)21)14(15(27,28)17(31,32)33,16(29,30)18(34,35)36)4(1)8(22)10(24)9(5)23. The zero-order valence-corrected chi connectivity index (χ0v) is 16.2. The molecule has 0 aromatic heterocycles. The molecule has 204 valence electrons. The van der Waals surface area contributed by atoms with Crippen LogP contribution >= 0.6 is 0 Å². The topological polar surface area (TPSA) is 17.1 Å². The zero-order valence-electron chi connectivity index (χ0n) is 16.2. The molecule has 0 saturated heterocycles. The van der Waals surface area contributed by atoms with E-state index in [1.165, 1.54) is 0 Å². The fourth-order valence-electron chi connectivity index (χ4n) is 3.86. The van der Waals surface area contributed by atoms with E-state index in [4.69, 9.17) is 0 Å². The molecule has 37 heavy (non-hydrogen) atoms. The number of Topliss-reactive ketones (excluding diaryl/α,β-unsaturated/α-hetero) is 1. The minimum absolute atomic E-state index is 2.99. The Labute approximate surface area is 189 Å². The van der Waals surface area contributed by atoms with Crippen molar-refractivity contribution < 1.29 is 83.8 Å². The minimum atomic E-state index is -7.83. The molecule has 0 atom stereocenters. The Balaban J connectivity index is 2.86. The van der Waals surface area contributed by atoms with Crippen LogP contribution in [0.4, 0.5) is 79.0 Å². The number of carbonyl (C=O) groups is 1. The Kier molecular flexibility index (Phi) is 5.90. The molecule has 2 aliphatic carbocycles. The van der Waals surface area contributed by atoms with Crippen LogP contribution in [0, 0.1) is 23.3 Å². The van der Waals surface area contributed by atoms with Gasteiger partial charge in [0.1, 0.15) is 0 Å². The lowest BCUT2D eigenvalue weighted by Gasteiger charge is -2.54. The van der Waals surface area contributed by atoms with E-state index in [1.807, 2.05) is 0 Å². The first kappa shape index (κ1) is 28.4. The number of hydrogen-bond donors (Lipinski definition) is 0. The molecule has 0 saturated carbocycles. The summed E-state index contributed by atoms with van der Waals surface area (Å²) in [5, 5.41) is 0. The molecular weight excluding hydrogens is 574 g/mol. The molecule has 0 heterocycles. The van der Waals surface area contributed by atoms with Gasteiger partial charge in [-0.1, -0.05) is 0 Å². The lowest BCUT2D eigenvalue weighted by atomic mass is 9.51. The number of allylic oxidation sites excluding steroid dienone is 6. The molecule has 0 bridgehead atoms. The Hall–Kier alpha value is -3.15. The summed E-state index contributed by atoms with van der Waals surface area (Å²) >= 11 is 0. The second-order valence-corrected chi connectivity index (χ2v) is 7.24. The van der Waals surface area contributed by atoms with Gasteiger partial charge in [0.2, 0.25) is 11.7 Å². The van der Waals surface area contributed by atoms with Crippen LogP contribution in [0.5, 0.6) is 0 Å². The Morgan fingerprint density at radius 3 is 1.19 bits per heavy atom. The summed E-state index contributed by atoms with van der Waals surface area (Å²) in [7, 11) is 0. The van der Waals surface area contributed by atoms with Crippen molar-refractivity contribution in [2.24, 2.45) is 0 Å². The van der Waals surface area contributed by atoms with Gasteiger partial charge in [-0.05, 0) is 5.57 Å². The molecule has 0 N–H and O–H groups in total. The monoisotopic (exact) mass is 574 g/mol. The summed E-state index contributed by atoms with van der Waals surface area (Å²) in [5.41, 5.74) is -20.7. The van der Waals surface area contributed by atoms with E-state index in [-0.39, 0.29) is 0 Å². The number of rotatable bonds is 2. The SMILES string of the molecule is O=C1C(F)=C(F)C(=C2c3c(F)c(F)c(F)c(F)c3C2(C(F)(F)C(F)(F)F)C(F)(F)C(F)(F)F)C(F)=C1F. The Morgan fingerprint density at radius 1 is 0.486 bits per heavy atom.